The molecule has 0 N–H and O–H groups in total. The maximum absolute atomic E-state index is 12.6. The van der Waals surface area contributed by atoms with Crippen LogP contribution in [0.1, 0.15) is 47.9 Å². The van der Waals surface area contributed by atoms with Crippen LogP contribution < -0.4 is 9.54 Å². The van der Waals surface area contributed by atoms with Crippen LogP contribution in [0.3, 0.4) is 0 Å². The topological polar surface area (TPSA) is 29.8 Å². The fraction of sp³-hybridized carbons (Fsp3) is 0.343. The van der Waals surface area contributed by atoms with Gasteiger partial charge in [-0.05, 0) is 101 Å². The lowest BCUT2D eigenvalue weighted by Crippen LogP contribution is -2.26. The van der Waals surface area contributed by atoms with E-state index in [0.29, 0.717) is 16.5 Å². The minimum Gasteiger partial charge on any atom is -0.489 e. The van der Waals surface area contributed by atoms with Crippen molar-refractivity contribution in [3.8, 4) is 17.0 Å². The van der Waals surface area contributed by atoms with E-state index < -0.39 is 0 Å². The van der Waals surface area contributed by atoms with Gasteiger partial charge in [0.1, 0.15) is 11.9 Å². The predicted octanol–water partition coefficient (Wildman–Crippen LogP) is 9.12. The van der Waals surface area contributed by atoms with E-state index in [1.165, 1.54) is 33.5 Å². The first-order chi connectivity index (χ1) is 20.9. The molecule has 2 aliphatic rings. The molecule has 1 fully saturated rings. The molecule has 0 amide bonds. The van der Waals surface area contributed by atoms with E-state index in [2.05, 4.69) is 69.4 Å². The van der Waals surface area contributed by atoms with Gasteiger partial charge >= 0.3 is 0 Å². The number of halogens is 4. The molecule has 1 aliphatic carbocycles. The van der Waals surface area contributed by atoms with Gasteiger partial charge in [-0.25, -0.2) is 0 Å². The van der Waals surface area contributed by atoms with Crippen molar-refractivity contribution in [2.75, 3.05) is 33.4 Å². The van der Waals surface area contributed by atoms with E-state index in [4.69, 9.17) is 27.9 Å². The van der Waals surface area contributed by atoms with Gasteiger partial charge in [-0.15, -0.1) is 23.7 Å². The molecule has 2 heterocycles. The molecule has 1 atom stereocenters. The Morgan fingerprint density at radius 3 is 2.50 bits per heavy atom. The quantitative estimate of drug-likeness (QED) is 0.187. The van der Waals surface area contributed by atoms with Gasteiger partial charge in [0.2, 0.25) is 0 Å². The SMILES string of the molecule is CN=c1scc(-c2ccc3c(c2)CCCC(c2ccc(Cl)cc2Cl)=C3c2ccc(O[C@H]3CCN(CCCF)C3)cc2)n1C.Cl. The van der Waals surface area contributed by atoms with Crippen molar-refractivity contribution >= 4 is 58.1 Å². The summed E-state index contributed by atoms with van der Waals surface area (Å²) < 4.78 is 21.1. The van der Waals surface area contributed by atoms with E-state index in [-0.39, 0.29) is 25.2 Å². The van der Waals surface area contributed by atoms with E-state index in [1.54, 1.807) is 11.3 Å². The average molecular weight is 673 g/mol. The molecule has 0 radical (unpaired) electrons. The zero-order valence-electron chi connectivity index (χ0n) is 25.0. The van der Waals surface area contributed by atoms with Crippen LogP contribution in [0.5, 0.6) is 5.75 Å². The fourth-order valence-electron chi connectivity index (χ4n) is 6.39. The standard InChI is InChI=1S/C35H36Cl2FN3OS.ClH/c1-39-35-40(2)33(22-43-35)25-9-13-29-24(19-25)5-3-6-31(30-14-10-26(36)20-32(30)37)34(29)23-7-11-27(12-8-23)42-28-15-18-41(21-28)17-4-16-38;/h7-14,19-20,22,28H,3-6,15-18,21H2,1-2H3;1H/t28-;/m0./s1. The molecular weight excluding hydrogens is 636 g/mol. The Balaban J connectivity index is 0.00000384. The Morgan fingerprint density at radius 1 is 1.00 bits per heavy atom. The Morgan fingerprint density at radius 2 is 1.77 bits per heavy atom. The maximum atomic E-state index is 12.6. The maximum Gasteiger partial charge on any atom is 0.184 e. The third-order valence-electron chi connectivity index (χ3n) is 8.50. The summed E-state index contributed by atoms with van der Waals surface area (Å²) in [5.74, 6) is 0.860. The van der Waals surface area contributed by atoms with Crippen LogP contribution in [-0.4, -0.2) is 48.9 Å². The fourth-order valence-corrected chi connectivity index (χ4v) is 7.78. The van der Waals surface area contributed by atoms with Crippen LogP contribution >= 0.6 is 46.9 Å². The minimum atomic E-state index is -0.268. The summed E-state index contributed by atoms with van der Waals surface area (Å²) in [6.45, 7) is 2.32. The summed E-state index contributed by atoms with van der Waals surface area (Å²) in [4.78, 5) is 7.69. The molecule has 44 heavy (non-hydrogen) atoms. The number of hydrogen-bond donors (Lipinski definition) is 0. The highest BCUT2D eigenvalue weighted by Gasteiger charge is 2.25. The number of rotatable bonds is 8. The minimum absolute atomic E-state index is 0. The average Bonchev–Trinajstić information content (AvgIpc) is 3.56. The molecule has 0 bridgehead atoms. The van der Waals surface area contributed by atoms with Gasteiger partial charge in [0.25, 0.3) is 0 Å². The van der Waals surface area contributed by atoms with Gasteiger partial charge in [0, 0.05) is 49.2 Å². The number of nitrogens with zero attached hydrogens (tertiary/aromatic N) is 3. The number of fused-ring (bicyclic) bond motifs is 1. The summed E-state index contributed by atoms with van der Waals surface area (Å²) >= 11 is 14.8. The number of allylic oxidation sites excluding steroid dienone is 1. The molecule has 6 rings (SSSR count). The van der Waals surface area contributed by atoms with Crippen molar-refractivity contribution in [3.05, 3.63) is 103 Å². The van der Waals surface area contributed by atoms with Crippen molar-refractivity contribution < 1.29 is 9.13 Å². The number of alkyl halides is 1. The molecule has 1 aromatic heterocycles. The summed E-state index contributed by atoms with van der Waals surface area (Å²) in [7, 11) is 3.91. The highest BCUT2D eigenvalue weighted by atomic mass is 35.5. The van der Waals surface area contributed by atoms with Gasteiger partial charge in [0.15, 0.2) is 4.80 Å². The predicted molar refractivity (Wildman–Crippen MR) is 185 cm³/mol. The highest BCUT2D eigenvalue weighted by Crippen LogP contribution is 2.43. The Bertz CT molecular complexity index is 1710. The first kappa shape index (κ1) is 32.8. The number of thiazole rings is 1. The van der Waals surface area contributed by atoms with Crippen LogP contribution in [0.15, 0.2) is 71.0 Å². The van der Waals surface area contributed by atoms with E-state index >= 15 is 0 Å². The molecule has 4 nitrogen and oxygen atoms in total. The van der Waals surface area contributed by atoms with Crippen molar-refractivity contribution in [2.24, 2.45) is 12.0 Å². The number of likely N-dealkylation sites (tertiary alicyclic amines) is 1. The van der Waals surface area contributed by atoms with Crippen molar-refractivity contribution in [3.63, 3.8) is 0 Å². The molecule has 9 heteroatoms. The van der Waals surface area contributed by atoms with Gasteiger partial charge in [-0.1, -0.05) is 53.5 Å². The zero-order valence-corrected chi connectivity index (χ0v) is 28.1. The summed E-state index contributed by atoms with van der Waals surface area (Å²) in [5, 5.41) is 3.48. The molecule has 3 aromatic carbocycles. The first-order valence-electron chi connectivity index (χ1n) is 14.9. The van der Waals surface area contributed by atoms with Crippen molar-refractivity contribution in [2.45, 2.75) is 38.2 Å². The molecule has 232 valence electrons. The van der Waals surface area contributed by atoms with Gasteiger partial charge in [-0.2, -0.15) is 0 Å². The second-order valence-electron chi connectivity index (χ2n) is 11.3. The van der Waals surface area contributed by atoms with Crippen molar-refractivity contribution in [1.29, 1.82) is 0 Å². The van der Waals surface area contributed by atoms with Crippen LogP contribution in [0.4, 0.5) is 4.39 Å². The third-order valence-corrected chi connectivity index (χ3v) is 10.1. The Hall–Kier alpha value is -2.61. The van der Waals surface area contributed by atoms with Crippen LogP contribution in [0.25, 0.3) is 22.4 Å². The monoisotopic (exact) mass is 671 g/mol. The van der Waals surface area contributed by atoms with Crippen LogP contribution in [0, 0.1) is 0 Å². The first-order valence-corrected chi connectivity index (χ1v) is 16.5. The lowest BCUT2D eigenvalue weighted by molar-refractivity contribution is 0.198. The molecule has 0 spiro atoms. The van der Waals surface area contributed by atoms with Gasteiger partial charge in [-0.3, -0.25) is 14.3 Å². The normalized spacial score (nSPS) is 17.4. The number of aryl methyl sites for hydroxylation is 1. The summed E-state index contributed by atoms with van der Waals surface area (Å²) in [6, 6.07) is 21.1. The smallest absolute Gasteiger partial charge is 0.184 e. The summed E-state index contributed by atoms with van der Waals surface area (Å²) in [5.41, 5.74) is 9.51. The second-order valence-corrected chi connectivity index (χ2v) is 13.0. The number of ether oxygens (including phenoxy) is 1. The van der Waals surface area contributed by atoms with E-state index in [0.717, 1.165) is 67.0 Å². The van der Waals surface area contributed by atoms with E-state index in [9.17, 15) is 4.39 Å². The third kappa shape index (κ3) is 6.95. The molecule has 1 aliphatic heterocycles. The second kappa shape index (κ2) is 14.7. The number of benzene rings is 3. The summed E-state index contributed by atoms with van der Waals surface area (Å²) in [6.07, 6.45) is 4.57. The van der Waals surface area contributed by atoms with Crippen LogP contribution in [0.2, 0.25) is 10.0 Å². The Kier molecular flexibility index (Phi) is 10.9. The number of aromatic nitrogens is 1. The Labute approximate surface area is 279 Å². The van der Waals surface area contributed by atoms with Gasteiger partial charge in [0.05, 0.1) is 12.4 Å². The lowest BCUT2D eigenvalue weighted by atomic mass is 9.87. The zero-order chi connectivity index (χ0) is 29.9. The molecule has 1 saturated heterocycles. The molecular formula is C35H37Cl3FN3OS. The molecule has 0 unspecified atom stereocenters. The lowest BCUT2D eigenvalue weighted by Gasteiger charge is -2.19. The van der Waals surface area contributed by atoms with E-state index in [1.807, 2.05) is 25.2 Å². The molecule has 0 saturated carbocycles. The molecule has 4 aromatic rings. The highest BCUT2D eigenvalue weighted by molar-refractivity contribution is 7.07. The van der Waals surface area contributed by atoms with Gasteiger partial charge < -0.3 is 9.30 Å². The largest absolute Gasteiger partial charge is 0.489 e. The van der Waals surface area contributed by atoms with Crippen LogP contribution in [-0.2, 0) is 13.5 Å². The van der Waals surface area contributed by atoms with Crippen molar-refractivity contribution in [1.82, 2.24) is 9.47 Å². The number of hydrogen-bond acceptors (Lipinski definition) is 4.